The van der Waals surface area contributed by atoms with E-state index in [1.165, 1.54) is 0 Å². The fourth-order valence-corrected chi connectivity index (χ4v) is 0. The molecule has 1 atom stereocenters. The van der Waals surface area contributed by atoms with E-state index in [0.717, 1.165) is 0 Å². The molecule has 0 aliphatic rings. The van der Waals surface area contributed by atoms with Crippen LogP contribution in [-0.2, 0) is 0 Å². The molecule has 0 fully saturated rings. The Balaban J connectivity index is -0.0000000267. The third kappa shape index (κ3) is 76.3. The number of rotatable bonds is 0. The summed E-state index contributed by atoms with van der Waals surface area (Å²) in [6.45, 7) is 4.90. The molecule has 0 amide bonds. The van der Waals surface area contributed by atoms with Gasteiger partial charge in [-0.1, -0.05) is 20.8 Å². The molecule has 0 radical (unpaired) electrons. The van der Waals surface area contributed by atoms with Crippen LogP contribution in [0.25, 0.3) is 0 Å². The Morgan fingerprint density at radius 2 is 1.12 bits per heavy atom. The van der Waals surface area contributed by atoms with Crippen LogP contribution in [-0.4, -0.2) is 5.60 Å². The van der Waals surface area contributed by atoms with Crippen molar-refractivity contribution in [2.24, 2.45) is 0 Å². The van der Waals surface area contributed by atoms with Gasteiger partial charge in [-0.2, -0.15) is 0 Å². The Labute approximate surface area is 108 Å². The first-order valence-electron chi connectivity index (χ1n) is 1.70. The second kappa shape index (κ2) is 9.51. The van der Waals surface area contributed by atoms with Gasteiger partial charge in [0, 0.05) is 0 Å². The third-order valence-electron chi connectivity index (χ3n) is 0. The van der Waals surface area contributed by atoms with Crippen LogP contribution in [0.5, 0.6) is 0 Å². The maximum Gasteiger partial charge on any atom is 1.00 e. The SMILES string of the molecule is CC(C)(C)[O-].[Br-].[K+].[PH4+]. The normalized spacial score (nSPS) is 7.50. The van der Waals surface area contributed by atoms with Crippen molar-refractivity contribution in [1.29, 1.82) is 0 Å². The maximum atomic E-state index is 10.1. The van der Waals surface area contributed by atoms with E-state index in [1.807, 2.05) is 0 Å². The molecule has 0 saturated heterocycles. The molecule has 0 N–H and O–H groups in total. The van der Waals surface area contributed by atoms with E-state index in [1.54, 1.807) is 20.8 Å². The van der Waals surface area contributed by atoms with Gasteiger partial charge in [-0.25, -0.2) is 0 Å². The van der Waals surface area contributed by atoms with Crippen molar-refractivity contribution >= 4 is 9.90 Å². The van der Waals surface area contributed by atoms with Crippen LogP contribution in [0.4, 0.5) is 0 Å². The minimum atomic E-state index is -0.750. The Kier molecular flexibility index (Phi) is 26.7. The van der Waals surface area contributed by atoms with Crippen LogP contribution in [0.3, 0.4) is 0 Å². The zero-order valence-corrected chi connectivity index (χ0v) is 13.0. The van der Waals surface area contributed by atoms with Gasteiger partial charge in [0.05, 0.1) is 0 Å². The maximum absolute atomic E-state index is 10.1. The first-order chi connectivity index (χ1) is 2.00. The minimum absolute atomic E-state index is 0. The summed E-state index contributed by atoms with van der Waals surface area (Å²) in [5.41, 5.74) is -0.750. The second-order valence-electron chi connectivity index (χ2n) is 2.11. The van der Waals surface area contributed by atoms with Gasteiger partial charge in [0.2, 0.25) is 0 Å². The van der Waals surface area contributed by atoms with Crippen molar-refractivity contribution in [1.82, 2.24) is 0 Å². The summed E-state index contributed by atoms with van der Waals surface area (Å²) in [7, 11) is 0. The second-order valence-corrected chi connectivity index (χ2v) is 2.11. The molecule has 0 aliphatic heterocycles. The van der Waals surface area contributed by atoms with Crippen LogP contribution >= 0.6 is 9.90 Å². The van der Waals surface area contributed by atoms with Crippen LogP contribution in [0.15, 0.2) is 0 Å². The van der Waals surface area contributed by atoms with Crippen molar-refractivity contribution in [3.05, 3.63) is 0 Å². The Hall–Kier alpha value is 2.51. The smallest absolute Gasteiger partial charge is 1.00 e. The summed E-state index contributed by atoms with van der Waals surface area (Å²) in [6, 6.07) is 0. The van der Waals surface area contributed by atoms with Crippen LogP contribution in [0, 0.1) is 0 Å². The summed E-state index contributed by atoms with van der Waals surface area (Å²) in [5.74, 6) is 0. The van der Waals surface area contributed by atoms with E-state index in [9.17, 15) is 5.11 Å². The van der Waals surface area contributed by atoms with Crippen molar-refractivity contribution in [3.8, 4) is 0 Å². The topological polar surface area (TPSA) is 23.1 Å². The molecule has 0 aromatic carbocycles. The summed E-state index contributed by atoms with van der Waals surface area (Å²) >= 11 is 0. The van der Waals surface area contributed by atoms with Gasteiger partial charge in [0.1, 0.15) is 0 Å². The van der Waals surface area contributed by atoms with Gasteiger partial charge >= 0.3 is 51.4 Å². The molecule has 0 aliphatic carbocycles. The monoisotopic (exact) mass is 226 g/mol. The van der Waals surface area contributed by atoms with Gasteiger partial charge in [-0.05, 0) is 9.90 Å². The van der Waals surface area contributed by atoms with Crippen molar-refractivity contribution in [3.63, 3.8) is 0 Å². The molecule has 1 unspecified atom stereocenters. The standard InChI is InChI=1S/C4H9O.BrH.K.H3P/c1-4(2,3)5;;;/h1-3H3;1H;;1H3/q-1;;+1;. The molecule has 8 heavy (non-hydrogen) atoms. The molecule has 48 valence electrons. The van der Waals surface area contributed by atoms with Gasteiger partial charge < -0.3 is 22.1 Å². The molecule has 0 bridgehead atoms. The summed E-state index contributed by atoms with van der Waals surface area (Å²) < 4.78 is 0. The minimum Gasteiger partial charge on any atom is -1.00 e. The van der Waals surface area contributed by atoms with E-state index in [0.29, 0.717) is 0 Å². The molecule has 0 heterocycles. The van der Waals surface area contributed by atoms with E-state index in [4.69, 9.17) is 0 Å². The van der Waals surface area contributed by atoms with Gasteiger partial charge in [0.15, 0.2) is 0 Å². The average Bonchev–Trinajstić information content (AvgIpc) is 0.722. The predicted octanol–water partition coefficient (Wildman–Crippen LogP) is -6.06. The number of hydrogen-bond donors (Lipinski definition) is 0. The molecule has 0 spiro atoms. The quantitative estimate of drug-likeness (QED) is 0.298. The third-order valence-corrected chi connectivity index (χ3v) is 0. The molecular weight excluding hydrogens is 214 g/mol. The largest absolute Gasteiger partial charge is 1.00 e. The number of hydrogen-bond acceptors (Lipinski definition) is 1. The van der Waals surface area contributed by atoms with Gasteiger partial charge in [-0.3, -0.25) is 0 Å². The van der Waals surface area contributed by atoms with E-state index < -0.39 is 5.60 Å². The van der Waals surface area contributed by atoms with Gasteiger partial charge in [-0.15, -0.1) is 5.60 Å². The molecule has 0 aromatic rings. The van der Waals surface area contributed by atoms with Crippen LogP contribution in [0.2, 0.25) is 0 Å². The van der Waals surface area contributed by atoms with Crippen molar-refractivity contribution in [2.45, 2.75) is 26.4 Å². The Morgan fingerprint density at radius 3 is 1.12 bits per heavy atom. The number of halogens is 1. The van der Waals surface area contributed by atoms with Gasteiger partial charge in [0.25, 0.3) is 0 Å². The fraction of sp³-hybridized carbons (Fsp3) is 1.00. The average molecular weight is 227 g/mol. The first kappa shape index (κ1) is 22.4. The fourth-order valence-electron chi connectivity index (χ4n) is 0. The predicted molar refractivity (Wildman–Crippen MR) is 32.3 cm³/mol. The van der Waals surface area contributed by atoms with Crippen molar-refractivity contribution < 1.29 is 73.5 Å². The zero-order chi connectivity index (χ0) is 4.50. The summed E-state index contributed by atoms with van der Waals surface area (Å²) in [6.07, 6.45) is 0. The van der Waals surface area contributed by atoms with E-state index >= 15 is 0 Å². The molecule has 0 rings (SSSR count). The summed E-state index contributed by atoms with van der Waals surface area (Å²) in [5, 5.41) is 10.1. The molecule has 0 aromatic heterocycles. The van der Waals surface area contributed by atoms with Crippen molar-refractivity contribution in [2.75, 3.05) is 0 Å². The summed E-state index contributed by atoms with van der Waals surface area (Å²) in [4.78, 5) is 0. The van der Waals surface area contributed by atoms with E-state index in [-0.39, 0.29) is 78.3 Å². The Morgan fingerprint density at radius 1 is 1.12 bits per heavy atom. The molecule has 4 heteroatoms. The molecule has 0 saturated carbocycles. The van der Waals surface area contributed by atoms with Crippen LogP contribution in [0.1, 0.15) is 20.8 Å². The molecular formula is C4H13BrKOP. The van der Waals surface area contributed by atoms with Crippen LogP contribution < -0.4 is 73.5 Å². The first-order valence-corrected chi connectivity index (χ1v) is 1.70. The van der Waals surface area contributed by atoms with E-state index in [2.05, 4.69) is 0 Å². The zero-order valence-electron chi connectivity index (χ0n) is 6.29. The Bertz CT molecular complexity index is 31.5. The molecule has 1 nitrogen and oxygen atoms in total.